The van der Waals surface area contributed by atoms with Crippen LogP contribution < -0.4 is 5.32 Å². The molecule has 0 aromatic carbocycles. The Labute approximate surface area is 113 Å². The average Bonchev–Trinajstić information content (AvgIpc) is 2.38. The van der Waals surface area contributed by atoms with E-state index in [1.54, 1.807) is 0 Å². The van der Waals surface area contributed by atoms with Gasteiger partial charge in [0.25, 0.3) is 0 Å². The third kappa shape index (κ3) is 10.4. The van der Waals surface area contributed by atoms with Crippen molar-refractivity contribution in [3.63, 3.8) is 0 Å². The molecule has 1 N–H and O–H groups in total. The average molecular weight is 253 g/mol. The SMILES string of the molecule is CCCCCCC/C=C(\C)C(=O)NCCCCC. The van der Waals surface area contributed by atoms with Gasteiger partial charge in [0.2, 0.25) is 5.91 Å². The summed E-state index contributed by atoms with van der Waals surface area (Å²) in [5.41, 5.74) is 0.877. The molecule has 0 fully saturated rings. The van der Waals surface area contributed by atoms with Crippen LogP contribution in [0.2, 0.25) is 0 Å². The van der Waals surface area contributed by atoms with E-state index < -0.39 is 0 Å². The van der Waals surface area contributed by atoms with Gasteiger partial charge in [0.15, 0.2) is 0 Å². The fourth-order valence-electron chi connectivity index (χ4n) is 1.88. The van der Waals surface area contributed by atoms with Crippen molar-refractivity contribution < 1.29 is 4.79 Å². The molecular formula is C16H31NO. The third-order valence-corrected chi connectivity index (χ3v) is 3.18. The molecule has 0 bridgehead atoms. The summed E-state index contributed by atoms with van der Waals surface area (Å²) in [5.74, 6) is 0.111. The Bertz CT molecular complexity index is 233. The number of hydrogen-bond acceptors (Lipinski definition) is 1. The molecule has 0 aliphatic carbocycles. The van der Waals surface area contributed by atoms with Crippen molar-refractivity contribution in [1.82, 2.24) is 5.32 Å². The largest absolute Gasteiger partial charge is 0.352 e. The van der Waals surface area contributed by atoms with Gasteiger partial charge < -0.3 is 5.32 Å². The van der Waals surface area contributed by atoms with E-state index in [-0.39, 0.29) is 5.91 Å². The van der Waals surface area contributed by atoms with Crippen molar-refractivity contribution in [3.05, 3.63) is 11.6 Å². The first-order valence-electron chi connectivity index (χ1n) is 7.67. The minimum Gasteiger partial charge on any atom is -0.352 e. The monoisotopic (exact) mass is 253 g/mol. The van der Waals surface area contributed by atoms with E-state index >= 15 is 0 Å². The lowest BCUT2D eigenvalue weighted by atomic mass is 10.1. The summed E-state index contributed by atoms with van der Waals surface area (Å²) in [6, 6.07) is 0. The Morgan fingerprint density at radius 1 is 0.944 bits per heavy atom. The van der Waals surface area contributed by atoms with Gasteiger partial charge in [-0.2, -0.15) is 0 Å². The zero-order valence-electron chi connectivity index (χ0n) is 12.6. The van der Waals surface area contributed by atoms with E-state index in [2.05, 4.69) is 25.2 Å². The number of unbranched alkanes of at least 4 members (excludes halogenated alkanes) is 7. The van der Waals surface area contributed by atoms with E-state index in [4.69, 9.17) is 0 Å². The van der Waals surface area contributed by atoms with Crippen molar-refractivity contribution in [3.8, 4) is 0 Å². The van der Waals surface area contributed by atoms with Gasteiger partial charge in [-0.1, -0.05) is 58.4 Å². The minimum atomic E-state index is 0.111. The first-order valence-corrected chi connectivity index (χ1v) is 7.67. The smallest absolute Gasteiger partial charge is 0.246 e. The molecule has 0 saturated carbocycles. The van der Waals surface area contributed by atoms with E-state index in [1.807, 2.05) is 6.92 Å². The Morgan fingerprint density at radius 2 is 1.56 bits per heavy atom. The number of carbonyl (C=O) groups is 1. The molecule has 0 aromatic rings. The maximum atomic E-state index is 11.7. The molecular weight excluding hydrogens is 222 g/mol. The zero-order chi connectivity index (χ0) is 13.6. The van der Waals surface area contributed by atoms with Crippen molar-refractivity contribution in [2.75, 3.05) is 6.54 Å². The molecule has 0 aromatic heterocycles. The van der Waals surface area contributed by atoms with Crippen LogP contribution in [0.5, 0.6) is 0 Å². The predicted octanol–water partition coefficient (Wildman–Crippen LogP) is 4.60. The molecule has 106 valence electrons. The Morgan fingerprint density at radius 3 is 2.22 bits per heavy atom. The van der Waals surface area contributed by atoms with Gasteiger partial charge in [-0.05, 0) is 26.2 Å². The van der Waals surface area contributed by atoms with Crippen LogP contribution in [-0.2, 0) is 4.79 Å². The van der Waals surface area contributed by atoms with Gasteiger partial charge in [0, 0.05) is 12.1 Å². The van der Waals surface area contributed by atoms with Gasteiger partial charge in [0.05, 0.1) is 0 Å². The fraction of sp³-hybridized carbons (Fsp3) is 0.812. The van der Waals surface area contributed by atoms with Crippen LogP contribution >= 0.6 is 0 Å². The first kappa shape index (κ1) is 17.2. The van der Waals surface area contributed by atoms with Crippen LogP contribution in [0.25, 0.3) is 0 Å². The topological polar surface area (TPSA) is 29.1 Å². The minimum absolute atomic E-state index is 0.111. The number of amides is 1. The van der Waals surface area contributed by atoms with Gasteiger partial charge >= 0.3 is 0 Å². The van der Waals surface area contributed by atoms with Gasteiger partial charge in [0.1, 0.15) is 0 Å². The number of carbonyl (C=O) groups excluding carboxylic acids is 1. The number of hydrogen-bond donors (Lipinski definition) is 1. The molecule has 2 nitrogen and oxygen atoms in total. The summed E-state index contributed by atoms with van der Waals surface area (Å²) in [4.78, 5) is 11.7. The molecule has 0 atom stereocenters. The molecule has 0 saturated heterocycles. The summed E-state index contributed by atoms with van der Waals surface area (Å²) in [6.07, 6.45) is 13.0. The number of nitrogens with one attached hydrogen (secondary N) is 1. The van der Waals surface area contributed by atoms with Crippen molar-refractivity contribution >= 4 is 5.91 Å². The summed E-state index contributed by atoms with van der Waals surface area (Å²) in [5, 5.41) is 2.97. The van der Waals surface area contributed by atoms with E-state index in [1.165, 1.54) is 44.9 Å². The highest BCUT2D eigenvalue weighted by atomic mass is 16.1. The fourth-order valence-corrected chi connectivity index (χ4v) is 1.88. The van der Waals surface area contributed by atoms with Crippen LogP contribution in [0.3, 0.4) is 0 Å². The van der Waals surface area contributed by atoms with Crippen molar-refractivity contribution in [2.45, 2.75) is 78.6 Å². The summed E-state index contributed by atoms with van der Waals surface area (Å²) in [6.45, 7) is 7.13. The lowest BCUT2D eigenvalue weighted by molar-refractivity contribution is -0.117. The maximum absolute atomic E-state index is 11.7. The van der Waals surface area contributed by atoms with Gasteiger partial charge in [-0.3, -0.25) is 4.79 Å². The maximum Gasteiger partial charge on any atom is 0.246 e. The van der Waals surface area contributed by atoms with Crippen LogP contribution in [0.4, 0.5) is 0 Å². The predicted molar refractivity (Wildman–Crippen MR) is 79.7 cm³/mol. The molecule has 1 amide bonds. The molecule has 0 rings (SSSR count). The second kappa shape index (κ2) is 12.7. The molecule has 0 aliphatic rings. The lowest BCUT2D eigenvalue weighted by Crippen LogP contribution is -2.25. The standard InChI is InChI=1S/C16H31NO/c1-4-6-8-9-10-11-13-15(3)16(18)17-14-12-7-5-2/h13H,4-12,14H2,1-3H3,(H,17,18)/b15-13+. The molecule has 0 aliphatic heterocycles. The molecule has 0 heterocycles. The van der Waals surface area contributed by atoms with Crippen LogP contribution in [-0.4, -0.2) is 12.5 Å². The van der Waals surface area contributed by atoms with E-state index in [0.717, 1.165) is 25.0 Å². The highest BCUT2D eigenvalue weighted by molar-refractivity contribution is 5.92. The molecule has 2 heteroatoms. The second-order valence-corrected chi connectivity index (χ2v) is 5.05. The van der Waals surface area contributed by atoms with Gasteiger partial charge in [-0.25, -0.2) is 0 Å². The normalized spacial score (nSPS) is 11.6. The Balaban J connectivity index is 3.57. The van der Waals surface area contributed by atoms with E-state index in [9.17, 15) is 4.79 Å². The highest BCUT2D eigenvalue weighted by Crippen LogP contribution is 2.07. The Hall–Kier alpha value is -0.790. The molecule has 0 radical (unpaired) electrons. The van der Waals surface area contributed by atoms with Crippen LogP contribution in [0.1, 0.15) is 78.6 Å². The number of allylic oxidation sites excluding steroid dienone is 1. The number of rotatable bonds is 11. The van der Waals surface area contributed by atoms with Crippen molar-refractivity contribution in [2.24, 2.45) is 0 Å². The van der Waals surface area contributed by atoms with E-state index in [0.29, 0.717) is 0 Å². The van der Waals surface area contributed by atoms with Crippen LogP contribution in [0.15, 0.2) is 11.6 Å². The summed E-state index contributed by atoms with van der Waals surface area (Å²) < 4.78 is 0. The molecule has 0 spiro atoms. The lowest BCUT2D eigenvalue weighted by Gasteiger charge is -2.05. The highest BCUT2D eigenvalue weighted by Gasteiger charge is 2.01. The third-order valence-electron chi connectivity index (χ3n) is 3.18. The van der Waals surface area contributed by atoms with Crippen LogP contribution in [0, 0.1) is 0 Å². The van der Waals surface area contributed by atoms with Crippen molar-refractivity contribution in [1.29, 1.82) is 0 Å². The quantitative estimate of drug-likeness (QED) is 0.423. The summed E-state index contributed by atoms with van der Waals surface area (Å²) >= 11 is 0. The zero-order valence-corrected chi connectivity index (χ0v) is 12.6. The second-order valence-electron chi connectivity index (χ2n) is 5.05. The van der Waals surface area contributed by atoms with Gasteiger partial charge in [-0.15, -0.1) is 0 Å². The Kier molecular flexibility index (Phi) is 12.1. The first-order chi connectivity index (χ1) is 8.72. The molecule has 0 unspecified atom stereocenters. The summed E-state index contributed by atoms with van der Waals surface area (Å²) in [7, 11) is 0. The molecule has 18 heavy (non-hydrogen) atoms.